The number of para-hydroxylation sites is 1. The van der Waals surface area contributed by atoms with Gasteiger partial charge in [0, 0.05) is 44.7 Å². The minimum Gasteiger partial charge on any atom is -0.310 e. The van der Waals surface area contributed by atoms with E-state index in [9.17, 15) is 0 Å². The molecule has 0 aliphatic carbocycles. The number of aromatic nitrogens is 4. The summed E-state index contributed by atoms with van der Waals surface area (Å²) in [5.41, 5.74) is 15.3. The Morgan fingerprint density at radius 1 is 0.633 bits per heavy atom. The van der Waals surface area contributed by atoms with E-state index in [4.69, 9.17) is 10.1 Å². The lowest BCUT2D eigenvalue weighted by molar-refractivity contribution is 0.581. The number of rotatable bonds is 2. The molecule has 0 bridgehead atoms. The molecule has 7 aromatic rings. The van der Waals surface area contributed by atoms with Crippen molar-refractivity contribution in [3.63, 3.8) is 0 Å². The Kier molecular flexibility index (Phi) is 5.94. The van der Waals surface area contributed by atoms with E-state index in [0.29, 0.717) is 0 Å². The summed E-state index contributed by atoms with van der Waals surface area (Å²) in [6, 6.07) is 34.0. The van der Waals surface area contributed by atoms with Gasteiger partial charge in [-0.2, -0.15) is 5.10 Å². The molecule has 0 unspecified atom stereocenters. The van der Waals surface area contributed by atoms with Gasteiger partial charge in [-0.3, -0.25) is 4.57 Å². The Morgan fingerprint density at radius 3 is 2.12 bits per heavy atom. The number of nitrogens with zero attached hydrogens (tertiary/aromatic N) is 5. The summed E-state index contributed by atoms with van der Waals surface area (Å²) in [7, 11) is 0. The molecule has 0 atom stereocenters. The molecule has 0 amide bonds. The normalized spacial score (nSPS) is 15.7. The van der Waals surface area contributed by atoms with Crippen LogP contribution in [-0.2, 0) is 16.2 Å². The molecule has 2 aliphatic heterocycles. The molecular weight excluding hydrogens is 599 g/mol. The molecule has 9 rings (SSSR count). The van der Waals surface area contributed by atoms with Gasteiger partial charge in [-0.25, -0.2) is 9.67 Å². The molecule has 2 aliphatic rings. The van der Waals surface area contributed by atoms with E-state index in [1.165, 1.54) is 61.0 Å². The Balaban J connectivity index is 1.41. The van der Waals surface area contributed by atoms with E-state index in [1.54, 1.807) is 0 Å². The van der Waals surface area contributed by atoms with Crippen molar-refractivity contribution in [3.8, 4) is 11.5 Å². The van der Waals surface area contributed by atoms with E-state index < -0.39 is 0 Å². The number of benzene rings is 4. The zero-order valence-corrected chi connectivity index (χ0v) is 30.0. The number of anilines is 3. The van der Waals surface area contributed by atoms with Gasteiger partial charge in [-0.15, -0.1) is 0 Å². The SMILES string of the molecule is Cc1cc(C)n(-c2cccc(N3c4ccccc4C(C)(C)c4cc5c6cc(C(C)(C)C)cc7c6n(c5cc43)-c3ncccc3C7(C)C)c2)n1. The van der Waals surface area contributed by atoms with E-state index in [2.05, 4.69) is 163 Å². The largest absolute Gasteiger partial charge is 0.310 e. The average molecular weight is 642 g/mol. The lowest BCUT2D eigenvalue weighted by atomic mass is 9.72. The predicted molar refractivity (Wildman–Crippen MR) is 203 cm³/mol. The van der Waals surface area contributed by atoms with E-state index in [-0.39, 0.29) is 16.2 Å². The Hall–Kier alpha value is -5.16. The van der Waals surface area contributed by atoms with Crippen LogP contribution in [0.15, 0.2) is 97.2 Å². The van der Waals surface area contributed by atoms with Gasteiger partial charge < -0.3 is 4.90 Å². The molecule has 5 heterocycles. The molecule has 0 radical (unpaired) electrons. The highest BCUT2D eigenvalue weighted by Gasteiger charge is 2.41. The first-order valence-electron chi connectivity index (χ1n) is 17.4. The zero-order chi connectivity index (χ0) is 34.2. The zero-order valence-electron chi connectivity index (χ0n) is 30.0. The van der Waals surface area contributed by atoms with Crippen molar-refractivity contribution < 1.29 is 0 Å². The van der Waals surface area contributed by atoms with Gasteiger partial charge >= 0.3 is 0 Å². The first-order chi connectivity index (χ1) is 23.3. The lowest BCUT2D eigenvalue weighted by Gasteiger charge is -2.42. The number of aryl methyl sites for hydroxylation is 2. The van der Waals surface area contributed by atoms with Gasteiger partial charge in [-0.05, 0) is 96.1 Å². The monoisotopic (exact) mass is 641 g/mol. The first kappa shape index (κ1) is 29.9. The fraction of sp³-hybridized carbons (Fsp3) is 0.273. The number of hydrogen-bond donors (Lipinski definition) is 0. The first-order valence-corrected chi connectivity index (χ1v) is 17.4. The van der Waals surface area contributed by atoms with Crippen molar-refractivity contribution in [1.29, 1.82) is 0 Å². The summed E-state index contributed by atoms with van der Waals surface area (Å²) in [6.07, 6.45) is 1.94. The highest BCUT2D eigenvalue weighted by atomic mass is 15.3. The van der Waals surface area contributed by atoms with Crippen molar-refractivity contribution >= 4 is 38.9 Å². The van der Waals surface area contributed by atoms with Crippen LogP contribution in [0.4, 0.5) is 17.1 Å². The Labute approximate surface area is 288 Å². The van der Waals surface area contributed by atoms with Gasteiger partial charge in [0.1, 0.15) is 5.82 Å². The third-order valence-corrected chi connectivity index (χ3v) is 11.3. The summed E-state index contributed by atoms with van der Waals surface area (Å²) < 4.78 is 4.50. The van der Waals surface area contributed by atoms with Crippen LogP contribution >= 0.6 is 0 Å². The third-order valence-electron chi connectivity index (χ3n) is 11.3. The molecule has 4 aromatic carbocycles. The molecule has 0 spiro atoms. The minimum atomic E-state index is -0.224. The summed E-state index contributed by atoms with van der Waals surface area (Å²) in [5, 5.41) is 7.41. The highest BCUT2D eigenvalue weighted by Crippen LogP contribution is 2.55. The Bertz CT molecular complexity index is 2520. The number of fused-ring (bicyclic) bond motifs is 7. The molecular formula is C44H43N5. The Morgan fingerprint density at radius 2 is 1.37 bits per heavy atom. The molecule has 0 fully saturated rings. The minimum absolute atomic E-state index is 0.00408. The lowest BCUT2D eigenvalue weighted by Crippen LogP contribution is -2.30. The molecule has 5 nitrogen and oxygen atoms in total. The van der Waals surface area contributed by atoms with Crippen LogP contribution in [0.2, 0.25) is 0 Å². The molecule has 0 N–H and O–H groups in total. The fourth-order valence-electron chi connectivity index (χ4n) is 8.61. The van der Waals surface area contributed by atoms with Gasteiger partial charge in [0.2, 0.25) is 0 Å². The molecule has 49 heavy (non-hydrogen) atoms. The van der Waals surface area contributed by atoms with Crippen LogP contribution in [0.1, 0.15) is 87.7 Å². The highest BCUT2D eigenvalue weighted by molar-refractivity contribution is 6.13. The second-order valence-corrected chi connectivity index (χ2v) is 16.2. The molecule has 244 valence electrons. The van der Waals surface area contributed by atoms with Crippen molar-refractivity contribution in [1.82, 2.24) is 19.3 Å². The second-order valence-electron chi connectivity index (χ2n) is 16.2. The maximum Gasteiger partial charge on any atom is 0.141 e. The predicted octanol–water partition coefficient (Wildman–Crippen LogP) is 11.0. The van der Waals surface area contributed by atoms with Crippen molar-refractivity contribution in [3.05, 3.63) is 136 Å². The quantitative estimate of drug-likeness (QED) is 0.189. The summed E-state index contributed by atoms with van der Waals surface area (Å²) in [6.45, 7) is 20.6. The molecule has 0 saturated carbocycles. The number of pyridine rings is 1. The van der Waals surface area contributed by atoms with Crippen molar-refractivity contribution in [2.75, 3.05) is 4.90 Å². The maximum absolute atomic E-state index is 5.08. The van der Waals surface area contributed by atoms with Crippen molar-refractivity contribution in [2.45, 2.75) is 78.6 Å². The number of hydrogen-bond acceptors (Lipinski definition) is 3. The standard InChI is InChI=1S/C44H43N5/c1-26-20-27(2)49(46-26)30-15-12-14-29(23-30)47-37-18-11-10-16-33(37)43(6,7)35-24-31-32-21-28(42(3,4)5)22-36-40(32)48(38(31)25-39(35)47)41-34(44(36,8)9)17-13-19-45-41/h10-25H,1-9H3. The summed E-state index contributed by atoms with van der Waals surface area (Å²) >= 11 is 0. The van der Waals surface area contributed by atoms with Crippen LogP contribution in [0.5, 0.6) is 0 Å². The van der Waals surface area contributed by atoms with Crippen molar-refractivity contribution in [2.24, 2.45) is 0 Å². The van der Waals surface area contributed by atoms with Gasteiger partial charge in [-0.1, -0.05) is 84.9 Å². The molecule has 0 saturated heterocycles. The van der Waals surface area contributed by atoms with Crippen LogP contribution in [0, 0.1) is 13.8 Å². The fourth-order valence-corrected chi connectivity index (χ4v) is 8.61. The van der Waals surface area contributed by atoms with Crippen LogP contribution in [-0.4, -0.2) is 19.3 Å². The molecule has 3 aromatic heterocycles. The van der Waals surface area contributed by atoms with Gasteiger partial charge in [0.25, 0.3) is 0 Å². The summed E-state index contributed by atoms with van der Waals surface area (Å²) in [4.78, 5) is 7.54. The van der Waals surface area contributed by atoms with Crippen LogP contribution in [0.25, 0.3) is 33.3 Å². The second kappa shape index (κ2) is 9.72. The topological polar surface area (TPSA) is 38.9 Å². The third kappa shape index (κ3) is 4.05. The van der Waals surface area contributed by atoms with Gasteiger partial charge in [0.15, 0.2) is 0 Å². The summed E-state index contributed by atoms with van der Waals surface area (Å²) in [5.74, 6) is 1.03. The molecule has 5 heteroatoms. The smallest absolute Gasteiger partial charge is 0.141 e. The average Bonchev–Trinajstić information content (AvgIpc) is 3.58. The van der Waals surface area contributed by atoms with E-state index >= 15 is 0 Å². The van der Waals surface area contributed by atoms with E-state index in [0.717, 1.165) is 28.6 Å². The van der Waals surface area contributed by atoms with Crippen LogP contribution in [0.3, 0.4) is 0 Å². The van der Waals surface area contributed by atoms with Crippen LogP contribution < -0.4 is 4.90 Å². The van der Waals surface area contributed by atoms with Gasteiger partial charge in [0.05, 0.1) is 33.8 Å². The van der Waals surface area contributed by atoms with E-state index in [1.807, 2.05) is 10.9 Å². The maximum atomic E-state index is 5.08.